The third-order valence-corrected chi connectivity index (χ3v) is 4.83. The van der Waals surface area contributed by atoms with Crippen LogP contribution in [0.1, 0.15) is 33.6 Å². The number of cyclic esters (lactones) is 1. The SMILES string of the molecule is CC1(C)C=C2C3=C(C[C@@]4(C)O[C@H]4[C@@H]2C1)C(=O)OC3. The molecule has 4 rings (SSSR count). The number of esters is 1. The summed E-state index contributed by atoms with van der Waals surface area (Å²) in [5.74, 6) is 0.318. The molecule has 4 aliphatic rings. The van der Waals surface area contributed by atoms with Crippen molar-refractivity contribution in [2.75, 3.05) is 6.61 Å². The lowest BCUT2D eigenvalue weighted by atomic mass is 9.85. The van der Waals surface area contributed by atoms with E-state index in [-0.39, 0.29) is 17.0 Å². The predicted molar refractivity (Wildman–Crippen MR) is 65.9 cm³/mol. The van der Waals surface area contributed by atoms with Crippen LogP contribution in [0, 0.1) is 11.3 Å². The number of rotatable bonds is 0. The molecule has 0 spiro atoms. The molecule has 0 radical (unpaired) electrons. The number of ether oxygens (including phenoxy) is 2. The molecule has 0 amide bonds. The van der Waals surface area contributed by atoms with Gasteiger partial charge in [0.15, 0.2) is 0 Å². The molecule has 2 aliphatic carbocycles. The second kappa shape index (κ2) is 2.90. The maximum atomic E-state index is 11.9. The summed E-state index contributed by atoms with van der Waals surface area (Å²) in [5.41, 5.74) is 3.42. The van der Waals surface area contributed by atoms with Crippen LogP contribution >= 0.6 is 0 Å². The first-order valence-corrected chi connectivity index (χ1v) is 6.70. The smallest absolute Gasteiger partial charge is 0.334 e. The van der Waals surface area contributed by atoms with Crippen molar-refractivity contribution in [2.45, 2.75) is 45.3 Å². The molecule has 1 fully saturated rings. The summed E-state index contributed by atoms with van der Waals surface area (Å²) in [6, 6.07) is 0. The fourth-order valence-electron chi connectivity index (χ4n) is 3.97. The van der Waals surface area contributed by atoms with E-state index in [4.69, 9.17) is 9.47 Å². The van der Waals surface area contributed by atoms with Crippen molar-refractivity contribution in [3.8, 4) is 0 Å². The Morgan fingerprint density at radius 3 is 2.83 bits per heavy atom. The standard InChI is InChI=1S/C15H18O3/c1-14(2)4-8-9(5-14)12-15(3,18-12)6-10-11(8)7-17-13(10)16/h4,9,12H,5-7H2,1-3H3/t9-,12+,15-/m1/s1. The lowest BCUT2D eigenvalue weighted by Crippen LogP contribution is -2.19. The maximum absolute atomic E-state index is 11.9. The molecule has 3 atom stereocenters. The van der Waals surface area contributed by atoms with Gasteiger partial charge in [0.05, 0.1) is 11.7 Å². The largest absolute Gasteiger partial charge is 0.457 e. The normalized spacial score (nSPS) is 43.7. The minimum absolute atomic E-state index is 0.133. The number of epoxide rings is 1. The first-order valence-electron chi connectivity index (χ1n) is 6.70. The minimum Gasteiger partial charge on any atom is -0.457 e. The molecule has 0 aromatic heterocycles. The van der Waals surface area contributed by atoms with Gasteiger partial charge in [-0.15, -0.1) is 0 Å². The van der Waals surface area contributed by atoms with Crippen LogP contribution in [0.5, 0.6) is 0 Å². The third-order valence-electron chi connectivity index (χ3n) is 4.83. The number of hydrogen-bond donors (Lipinski definition) is 0. The van der Waals surface area contributed by atoms with Crippen LogP contribution in [0.15, 0.2) is 22.8 Å². The molecule has 0 unspecified atom stereocenters. The van der Waals surface area contributed by atoms with E-state index in [2.05, 4.69) is 26.8 Å². The van der Waals surface area contributed by atoms with Gasteiger partial charge in [0.25, 0.3) is 0 Å². The van der Waals surface area contributed by atoms with E-state index in [0.717, 1.165) is 24.0 Å². The van der Waals surface area contributed by atoms with E-state index < -0.39 is 0 Å². The number of fused-ring (bicyclic) bond motifs is 4. The summed E-state index contributed by atoms with van der Waals surface area (Å²) in [7, 11) is 0. The zero-order valence-electron chi connectivity index (χ0n) is 11.1. The van der Waals surface area contributed by atoms with Gasteiger partial charge in [0, 0.05) is 23.5 Å². The van der Waals surface area contributed by atoms with Gasteiger partial charge in [-0.05, 0) is 24.3 Å². The first kappa shape index (κ1) is 10.8. The predicted octanol–water partition coefficient (Wildman–Crippen LogP) is 2.37. The van der Waals surface area contributed by atoms with Crippen LogP contribution in [0.2, 0.25) is 0 Å². The highest BCUT2D eigenvalue weighted by molar-refractivity contribution is 5.93. The lowest BCUT2D eigenvalue weighted by Gasteiger charge is -2.17. The number of carbonyl (C=O) groups is 1. The summed E-state index contributed by atoms with van der Waals surface area (Å²) >= 11 is 0. The Morgan fingerprint density at radius 2 is 2.06 bits per heavy atom. The molecule has 96 valence electrons. The molecular formula is C15H18O3. The number of hydrogen-bond acceptors (Lipinski definition) is 3. The zero-order chi connectivity index (χ0) is 12.7. The summed E-state index contributed by atoms with van der Waals surface area (Å²) in [6.45, 7) is 7.11. The molecule has 0 aromatic carbocycles. The van der Waals surface area contributed by atoms with Crippen LogP contribution < -0.4 is 0 Å². The van der Waals surface area contributed by atoms with Gasteiger partial charge in [-0.1, -0.05) is 19.9 Å². The van der Waals surface area contributed by atoms with Crippen LogP contribution in [0.4, 0.5) is 0 Å². The van der Waals surface area contributed by atoms with Gasteiger partial charge in [0.1, 0.15) is 6.61 Å². The summed E-state index contributed by atoms with van der Waals surface area (Å²) in [4.78, 5) is 11.9. The molecule has 2 heterocycles. The Morgan fingerprint density at radius 1 is 1.28 bits per heavy atom. The lowest BCUT2D eigenvalue weighted by molar-refractivity contribution is -0.136. The van der Waals surface area contributed by atoms with E-state index in [0.29, 0.717) is 18.6 Å². The van der Waals surface area contributed by atoms with E-state index in [1.165, 1.54) is 5.57 Å². The van der Waals surface area contributed by atoms with E-state index in [1.807, 2.05) is 0 Å². The van der Waals surface area contributed by atoms with Gasteiger partial charge < -0.3 is 9.47 Å². The maximum Gasteiger partial charge on any atom is 0.334 e. The topological polar surface area (TPSA) is 38.8 Å². The molecular weight excluding hydrogens is 228 g/mol. The monoisotopic (exact) mass is 246 g/mol. The van der Waals surface area contributed by atoms with Crippen molar-refractivity contribution >= 4 is 5.97 Å². The van der Waals surface area contributed by atoms with Gasteiger partial charge in [-0.2, -0.15) is 0 Å². The van der Waals surface area contributed by atoms with Crippen molar-refractivity contribution in [2.24, 2.45) is 11.3 Å². The summed E-state index contributed by atoms with van der Waals surface area (Å²) < 4.78 is 11.2. The summed E-state index contributed by atoms with van der Waals surface area (Å²) in [6.07, 6.45) is 4.47. The second-order valence-electron chi connectivity index (χ2n) is 6.96. The fraction of sp³-hybridized carbons (Fsp3) is 0.667. The average Bonchev–Trinajstić information content (AvgIpc) is 2.67. The highest BCUT2D eigenvalue weighted by Gasteiger charge is 2.62. The van der Waals surface area contributed by atoms with Gasteiger partial charge in [0.2, 0.25) is 0 Å². The molecule has 18 heavy (non-hydrogen) atoms. The number of carbonyl (C=O) groups excluding carboxylic acids is 1. The Bertz CT molecular complexity index is 526. The van der Waals surface area contributed by atoms with Gasteiger partial charge in [-0.25, -0.2) is 4.79 Å². The van der Waals surface area contributed by atoms with Crippen LogP contribution in [-0.2, 0) is 14.3 Å². The quantitative estimate of drug-likeness (QED) is 0.486. The van der Waals surface area contributed by atoms with Crippen LogP contribution in [0.25, 0.3) is 0 Å². The van der Waals surface area contributed by atoms with Gasteiger partial charge >= 0.3 is 5.97 Å². The van der Waals surface area contributed by atoms with Crippen LogP contribution in [-0.4, -0.2) is 24.3 Å². The van der Waals surface area contributed by atoms with Crippen LogP contribution in [0.3, 0.4) is 0 Å². The van der Waals surface area contributed by atoms with Crippen molar-refractivity contribution in [1.82, 2.24) is 0 Å². The average molecular weight is 246 g/mol. The van der Waals surface area contributed by atoms with Gasteiger partial charge in [-0.3, -0.25) is 0 Å². The Kier molecular flexibility index (Phi) is 1.74. The zero-order valence-corrected chi connectivity index (χ0v) is 11.1. The molecule has 0 saturated carbocycles. The molecule has 1 saturated heterocycles. The van der Waals surface area contributed by atoms with Crippen molar-refractivity contribution in [3.05, 3.63) is 22.8 Å². The molecule has 2 aliphatic heterocycles. The highest BCUT2D eigenvalue weighted by atomic mass is 16.6. The number of allylic oxidation sites excluding steroid dienone is 1. The molecule has 3 nitrogen and oxygen atoms in total. The minimum atomic E-state index is -0.134. The van der Waals surface area contributed by atoms with E-state index >= 15 is 0 Å². The van der Waals surface area contributed by atoms with Crippen molar-refractivity contribution in [3.63, 3.8) is 0 Å². The Balaban J connectivity index is 1.87. The van der Waals surface area contributed by atoms with Crippen molar-refractivity contribution in [1.29, 1.82) is 0 Å². The fourth-order valence-corrected chi connectivity index (χ4v) is 3.97. The molecule has 0 N–H and O–H groups in total. The van der Waals surface area contributed by atoms with E-state index in [9.17, 15) is 4.79 Å². The molecule has 0 bridgehead atoms. The molecule has 3 heteroatoms. The Hall–Kier alpha value is -1.09. The van der Waals surface area contributed by atoms with E-state index in [1.54, 1.807) is 0 Å². The molecule has 0 aromatic rings. The van der Waals surface area contributed by atoms with Crippen molar-refractivity contribution < 1.29 is 14.3 Å². The third kappa shape index (κ3) is 1.26. The first-order chi connectivity index (χ1) is 8.40. The highest BCUT2D eigenvalue weighted by Crippen LogP contribution is 2.58. The summed E-state index contributed by atoms with van der Waals surface area (Å²) in [5, 5.41) is 0. The Labute approximate surface area is 107 Å². The second-order valence-corrected chi connectivity index (χ2v) is 6.96.